The minimum atomic E-state index is -1.76. The molecule has 0 aromatic heterocycles. The second-order valence-corrected chi connectivity index (χ2v) is 2.07. The summed E-state index contributed by atoms with van der Waals surface area (Å²) in [5.41, 5.74) is 0. The zero-order chi connectivity index (χ0) is 8.59. The number of hydrogen-bond donors (Lipinski definition) is 4. The van der Waals surface area contributed by atoms with Crippen LogP contribution < -0.4 is 0 Å². The van der Waals surface area contributed by atoms with Crippen LogP contribution in [-0.4, -0.2) is 32.3 Å². The fourth-order valence-corrected chi connectivity index (χ4v) is 0.678. The van der Waals surface area contributed by atoms with Crippen LogP contribution in [0.3, 0.4) is 0 Å². The van der Waals surface area contributed by atoms with E-state index in [0.717, 1.165) is 0 Å². The molecule has 0 aromatic carbocycles. The van der Waals surface area contributed by atoms with Gasteiger partial charge in [0.05, 0.1) is 0 Å². The summed E-state index contributed by atoms with van der Waals surface area (Å²) in [4.78, 5) is 10.6. The Morgan fingerprint density at radius 2 is 1.82 bits per heavy atom. The minimum absolute atomic E-state index is 0.639. The van der Waals surface area contributed by atoms with Gasteiger partial charge < -0.3 is 20.4 Å². The maximum absolute atomic E-state index is 10.6. The van der Waals surface area contributed by atoms with Gasteiger partial charge >= 0.3 is 0 Å². The Kier molecular flexibility index (Phi) is 1.58. The Labute approximate surface area is 61.5 Å². The molecule has 1 aliphatic rings. The van der Waals surface area contributed by atoms with Gasteiger partial charge in [0.25, 0.3) is 0 Å². The average molecular weight is 158 g/mol. The Morgan fingerprint density at radius 1 is 1.27 bits per heavy atom. The van der Waals surface area contributed by atoms with Gasteiger partial charge in [0.2, 0.25) is 0 Å². The second kappa shape index (κ2) is 2.28. The molecule has 0 saturated carbocycles. The van der Waals surface area contributed by atoms with E-state index in [-0.39, 0.29) is 0 Å². The number of aliphatic hydroxyl groups is 4. The fraction of sp³-hybridized carbons (Fsp3) is 0.167. The first kappa shape index (κ1) is 7.62. The summed E-state index contributed by atoms with van der Waals surface area (Å²) in [6, 6.07) is 0. The molecule has 0 fully saturated rings. The predicted octanol–water partition coefficient (Wildman–Crippen LogP) is -0.301. The van der Waals surface area contributed by atoms with Gasteiger partial charge in [0.1, 0.15) is 0 Å². The molecular weight excluding hydrogens is 152 g/mol. The van der Waals surface area contributed by atoms with Gasteiger partial charge in [-0.15, -0.1) is 0 Å². The van der Waals surface area contributed by atoms with Crippen LogP contribution in [0, 0.1) is 0 Å². The largest absolute Gasteiger partial charge is 0.506 e. The average Bonchev–Trinajstić information content (AvgIpc) is 1.97. The van der Waals surface area contributed by atoms with Gasteiger partial charge in [-0.1, -0.05) is 0 Å². The van der Waals surface area contributed by atoms with E-state index in [1.807, 2.05) is 0 Å². The van der Waals surface area contributed by atoms with E-state index in [9.17, 15) is 4.79 Å². The van der Waals surface area contributed by atoms with Crippen molar-refractivity contribution in [3.05, 3.63) is 23.4 Å². The van der Waals surface area contributed by atoms with Crippen LogP contribution in [-0.2, 0) is 4.79 Å². The highest BCUT2D eigenvalue weighted by molar-refractivity contribution is 5.97. The molecule has 0 spiro atoms. The molecule has 0 amide bonds. The maximum Gasteiger partial charge on any atom is 0.199 e. The molecule has 1 rings (SSSR count). The molecule has 0 aliphatic heterocycles. The fourth-order valence-electron chi connectivity index (χ4n) is 0.678. The van der Waals surface area contributed by atoms with E-state index >= 15 is 0 Å². The summed E-state index contributed by atoms with van der Waals surface area (Å²) < 4.78 is 0. The van der Waals surface area contributed by atoms with E-state index in [2.05, 4.69) is 0 Å². The topological polar surface area (TPSA) is 98.0 Å². The Morgan fingerprint density at radius 3 is 2.36 bits per heavy atom. The minimum Gasteiger partial charge on any atom is -0.506 e. The molecule has 1 unspecified atom stereocenters. The maximum atomic E-state index is 10.6. The summed E-state index contributed by atoms with van der Waals surface area (Å²) in [6.07, 6.45) is -1.12. The van der Waals surface area contributed by atoms with E-state index < -0.39 is 29.2 Å². The van der Waals surface area contributed by atoms with Crippen molar-refractivity contribution in [2.75, 3.05) is 0 Å². The normalized spacial score (nSPS) is 25.4. The number of carbonyl (C=O) groups is 1. The van der Waals surface area contributed by atoms with Crippen molar-refractivity contribution in [1.82, 2.24) is 0 Å². The number of ketones is 1. The molecule has 5 nitrogen and oxygen atoms in total. The quantitative estimate of drug-likeness (QED) is 0.388. The van der Waals surface area contributed by atoms with E-state index in [1.165, 1.54) is 0 Å². The number of carbonyl (C=O) groups excluding carboxylic acids is 1. The van der Waals surface area contributed by atoms with Crippen LogP contribution in [0.2, 0.25) is 0 Å². The molecule has 60 valence electrons. The summed E-state index contributed by atoms with van der Waals surface area (Å²) in [5, 5.41) is 34.9. The van der Waals surface area contributed by atoms with Crippen LogP contribution >= 0.6 is 0 Å². The Balaban J connectivity index is 3.12. The standard InChI is InChI=1S/C6H6O5/c7-2-1-3(8)5(10)6(11)4(2)9/h1,4,8-11H. The van der Waals surface area contributed by atoms with Crippen LogP contribution in [0.15, 0.2) is 23.4 Å². The molecule has 0 aromatic rings. The van der Waals surface area contributed by atoms with Gasteiger partial charge in [-0.2, -0.15) is 0 Å². The highest BCUT2D eigenvalue weighted by atomic mass is 16.4. The smallest absolute Gasteiger partial charge is 0.199 e. The van der Waals surface area contributed by atoms with Gasteiger partial charge in [-0.3, -0.25) is 4.79 Å². The second-order valence-electron chi connectivity index (χ2n) is 2.07. The molecule has 11 heavy (non-hydrogen) atoms. The molecular formula is C6H6O5. The van der Waals surface area contributed by atoms with E-state index in [1.54, 1.807) is 0 Å². The zero-order valence-corrected chi connectivity index (χ0v) is 5.35. The summed E-state index contributed by atoms with van der Waals surface area (Å²) in [6.45, 7) is 0. The first-order valence-corrected chi connectivity index (χ1v) is 2.79. The first-order valence-electron chi connectivity index (χ1n) is 2.79. The first-order chi connectivity index (χ1) is 5.04. The third-order valence-electron chi connectivity index (χ3n) is 1.29. The summed E-state index contributed by atoms with van der Waals surface area (Å²) >= 11 is 0. The summed E-state index contributed by atoms with van der Waals surface area (Å²) in [5.74, 6) is -3.39. The van der Waals surface area contributed by atoms with E-state index in [0.29, 0.717) is 6.08 Å². The molecule has 5 heteroatoms. The van der Waals surface area contributed by atoms with Crippen LogP contribution in [0.1, 0.15) is 0 Å². The van der Waals surface area contributed by atoms with Crippen molar-refractivity contribution >= 4 is 5.78 Å². The molecule has 1 atom stereocenters. The lowest BCUT2D eigenvalue weighted by molar-refractivity contribution is -0.122. The van der Waals surface area contributed by atoms with Crippen molar-refractivity contribution < 1.29 is 25.2 Å². The zero-order valence-electron chi connectivity index (χ0n) is 5.35. The van der Waals surface area contributed by atoms with Crippen molar-refractivity contribution in [3.8, 4) is 0 Å². The van der Waals surface area contributed by atoms with Crippen LogP contribution in [0.25, 0.3) is 0 Å². The number of hydrogen-bond acceptors (Lipinski definition) is 5. The number of aliphatic hydroxyl groups excluding tert-OH is 4. The monoisotopic (exact) mass is 158 g/mol. The van der Waals surface area contributed by atoms with Crippen LogP contribution in [0.4, 0.5) is 0 Å². The third-order valence-corrected chi connectivity index (χ3v) is 1.29. The van der Waals surface area contributed by atoms with Crippen molar-refractivity contribution in [3.63, 3.8) is 0 Å². The van der Waals surface area contributed by atoms with Crippen molar-refractivity contribution in [1.29, 1.82) is 0 Å². The van der Waals surface area contributed by atoms with Gasteiger partial charge in [0.15, 0.2) is 29.2 Å². The Hall–Kier alpha value is -1.49. The molecule has 0 bridgehead atoms. The lowest BCUT2D eigenvalue weighted by Gasteiger charge is -2.12. The molecule has 4 N–H and O–H groups in total. The molecule has 0 radical (unpaired) electrons. The molecule has 1 aliphatic carbocycles. The van der Waals surface area contributed by atoms with Gasteiger partial charge in [-0.25, -0.2) is 0 Å². The van der Waals surface area contributed by atoms with Crippen LogP contribution in [0.5, 0.6) is 0 Å². The molecule has 0 heterocycles. The highest BCUT2D eigenvalue weighted by Gasteiger charge is 2.28. The lowest BCUT2D eigenvalue weighted by Crippen LogP contribution is -2.26. The Bertz CT molecular complexity index is 262. The molecule has 0 saturated heterocycles. The SMILES string of the molecule is O=C1C=C(O)C(O)=C(O)C1O. The van der Waals surface area contributed by atoms with Crippen molar-refractivity contribution in [2.24, 2.45) is 0 Å². The third kappa shape index (κ3) is 1.05. The summed E-state index contributed by atoms with van der Waals surface area (Å²) in [7, 11) is 0. The van der Waals surface area contributed by atoms with E-state index in [4.69, 9.17) is 20.4 Å². The number of rotatable bonds is 0. The van der Waals surface area contributed by atoms with Crippen molar-refractivity contribution in [2.45, 2.75) is 6.10 Å². The lowest BCUT2D eigenvalue weighted by atomic mass is 10.1. The predicted molar refractivity (Wildman–Crippen MR) is 34.0 cm³/mol. The van der Waals surface area contributed by atoms with Gasteiger partial charge in [-0.05, 0) is 0 Å². The highest BCUT2D eigenvalue weighted by Crippen LogP contribution is 2.17. The van der Waals surface area contributed by atoms with Gasteiger partial charge in [0, 0.05) is 6.08 Å².